The third-order valence-corrected chi connectivity index (χ3v) is 1.96. The Hall–Kier alpha value is -2.08. The van der Waals surface area contributed by atoms with Crippen molar-refractivity contribution in [3.8, 4) is 0 Å². The number of carboxylic acids is 1. The number of nitrogens with one attached hydrogen (secondary N) is 1. The highest BCUT2D eigenvalue weighted by Gasteiger charge is 2.19. The molecule has 0 saturated carbocycles. The molecule has 16 heavy (non-hydrogen) atoms. The number of carbonyl (C=O) groups is 2. The Kier molecular flexibility index (Phi) is 3.84. The molecule has 1 rings (SSSR count). The molecule has 0 radical (unpaired) electrons. The van der Waals surface area contributed by atoms with E-state index in [0.29, 0.717) is 5.69 Å². The fraction of sp³-hybridized carbons (Fsp3) is 0.200. The minimum atomic E-state index is -1.30. The molecule has 1 amide bonds. The SMILES string of the molecule is Nc1ccc(C(=O)N[C@@H](CO)C(=O)O)cc1. The lowest BCUT2D eigenvalue weighted by Crippen LogP contribution is -2.43. The topological polar surface area (TPSA) is 113 Å². The predicted molar refractivity (Wildman–Crippen MR) is 56.8 cm³/mol. The van der Waals surface area contributed by atoms with Crippen molar-refractivity contribution in [3.63, 3.8) is 0 Å². The maximum atomic E-state index is 11.5. The molecule has 6 heteroatoms. The summed E-state index contributed by atoms with van der Waals surface area (Å²) in [6, 6.07) is 4.71. The van der Waals surface area contributed by atoms with Gasteiger partial charge in [-0.1, -0.05) is 0 Å². The van der Waals surface area contributed by atoms with Gasteiger partial charge < -0.3 is 21.3 Å². The van der Waals surface area contributed by atoms with Gasteiger partial charge in [0.2, 0.25) is 0 Å². The number of aliphatic hydroxyl groups is 1. The highest BCUT2D eigenvalue weighted by atomic mass is 16.4. The summed E-state index contributed by atoms with van der Waals surface area (Å²) >= 11 is 0. The molecule has 1 atom stereocenters. The monoisotopic (exact) mass is 224 g/mol. The first-order valence-electron chi connectivity index (χ1n) is 4.54. The van der Waals surface area contributed by atoms with E-state index in [1.165, 1.54) is 24.3 Å². The standard InChI is InChI=1S/C10H12N2O4/c11-7-3-1-6(2-4-7)9(14)12-8(5-13)10(15)16/h1-4,8,13H,5,11H2,(H,12,14)(H,15,16)/t8-/m0/s1. The van der Waals surface area contributed by atoms with Crippen LogP contribution in [0.25, 0.3) is 0 Å². The summed E-state index contributed by atoms with van der Waals surface area (Å²) in [6.07, 6.45) is 0. The number of rotatable bonds is 4. The Bertz CT molecular complexity index is 388. The molecule has 0 spiro atoms. The molecule has 0 saturated heterocycles. The van der Waals surface area contributed by atoms with E-state index >= 15 is 0 Å². The first-order valence-corrected chi connectivity index (χ1v) is 4.54. The van der Waals surface area contributed by atoms with E-state index in [0.717, 1.165) is 0 Å². The van der Waals surface area contributed by atoms with Crippen LogP contribution in [0.5, 0.6) is 0 Å². The molecule has 0 aliphatic carbocycles. The summed E-state index contributed by atoms with van der Waals surface area (Å²) in [5, 5.41) is 19.5. The smallest absolute Gasteiger partial charge is 0.328 e. The van der Waals surface area contributed by atoms with Crippen LogP contribution in [0.3, 0.4) is 0 Å². The third kappa shape index (κ3) is 2.96. The van der Waals surface area contributed by atoms with Gasteiger partial charge in [-0.05, 0) is 24.3 Å². The van der Waals surface area contributed by atoms with E-state index in [1.54, 1.807) is 0 Å². The Morgan fingerprint density at radius 3 is 2.31 bits per heavy atom. The summed E-state index contributed by atoms with van der Waals surface area (Å²) in [7, 11) is 0. The van der Waals surface area contributed by atoms with Gasteiger partial charge in [-0.15, -0.1) is 0 Å². The van der Waals surface area contributed by atoms with Crippen molar-refractivity contribution in [3.05, 3.63) is 29.8 Å². The second-order valence-electron chi connectivity index (χ2n) is 3.17. The number of aliphatic carboxylic acids is 1. The molecule has 6 nitrogen and oxygen atoms in total. The molecule has 0 fully saturated rings. The van der Waals surface area contributed by atoms with Crippen LogP contribution in [0.2, 0.25) is 0 Å². The number of anilines is 1. The van der Waals surface area contributed by atoms with Gasteiger partial charge in [0, 0.05) is 11.3 Å². The fourth-order valence-electron chi connectivity index (χ4n) is 1.06. The van der Waals surface area contributed by atoms with Crippen LogP contribution in [-0.2, 0) is 4.79 Å². The van der Waals surface area contributed by atoms with Gasteiger partial charge in [0.05, 0.1) is 6.61 Å². The first-order chi connectivity index (χ1) is 7.54. The number of hydrogen-bond donors (Lipinski definition) is 4. The number of amides is 1. The third-order valence-electron chi connectivity index (χ3n) is 1.96. The summed E-state index contributed by atoms with van der Waals surface area (Å²) in [5.41, 5.74) is 6.23. The lowest BCUT2D eigenvalue weighted by molar-refractivity contribution is -0.140. The molecule has 1 aromatic carbocycles. The van der Waals surface area contributed by atoms with Crippen LogP contribution in [0.1, 0.15) is 10.4 Å². The Balaban J connectivity index is 2.71. The van der Waals surface area contributed by atoms with Crippen molar-refractivity contribution in [2.24, 2.45) is 0 Å². The minimum absolute atomic E-state index is 0.286. The Labute approximate surface area is 91.7 Å². The Morgan fingerprint density at radius 2 is 1.88 bits per heavy atom. The van der Waals surface area contributed by atoms with Gasteiger partial charge in [0.1, 0.15) is 0 Å². The van der Waals surface area contributed by atoms with E-state index in [4.69, 9.17) is 15.9 Å². The second kappa shape index (κ2) is 5.13. The molecule has 0 aliphatic rings. The Morgan fingerprint density at radius 1 is 1.31 bits per heavy atom. The molecule has 0 heterocycles. The number of hydrogen-bond acceptors (Lipinski definition) is 4. The van der Waals surface area contributed by atoms with Crippen LogP contribution >= 0.6 is 0 Å². The van der Waals surface area contributed by atoms with E-state index in [-0.39, 0.29) is 5.56 Å². The molecule has 1 aromatic rings. The van der Waals surface area contributed by atoms with Crippen molar-refractivity contribution in [1.82, 2.24) is 5.32 Å². The quantitative estimate of drug-likeness (QED) is 0.512. The molecule has 86 valence electrons. The lowest BCUT2D eigenvalue weighted by Gasteiger charge is -2.11. The molecule has 0 aliphatic heterocycles. The van der Waals surface area contributed by atoms with Crippen molar-refractivity contribution in [2.45, 2.75) is 6.04 Å². The number of nitrogen functional groups attached to an aromatic ring is 1. The molecular weight excluding hydrogens is 212 g/mol. The summed E-state index contributed by atoms with van der Waals surface area (Å²) < 4.78 is 0. The van der Waals surface area contributed by atoms with Crippen molar-refractivity contribution >= 4 is 17.6 Å². The van der Waals surface area contributed by atoms with E-state index in [1.807, 2.05) is 0 Å². The zero-order valence-corrected chi connectivity index (χ0v) is 8.38. The van der Waals surface area contributed by atoms with Gasteiger partial charge in [0.15, 0.2) is 6.04 Å². The van der Waals surface area contributed by atoms with E-state index < -0.39 is 24.5 Å². The molecule has 0 bridgehead atoms. The summed E-state index contributed by atoms with van der Waals surface area (Å²) in [6.45, 7) is -0.657. The van der Waals surface area contributed by atoms with Gasteiger partial charge in [-0.25, -0.2) is 4.79 Å². The van der Waals surface area contributed by atoms with Crippen LogP contribution in [0.4, 0.5) is 5.69 Å². The maximum absolute atomic E-state index is 11.5. The predicted octanol–water partition coefficient (Wildman–Crippen LogP) is -0.556. The number of nitrogens with two attached hydrogens (primary N) is 1. The molecule has 0 aromatic heterocycles. The number of carbonyl (C=O) groups excluding carboxylic acids is 1. The highest BCUT2D eigenvalue weighted by molar-refractivity contribution is 5.96. The van der Waals surface area contributed by atoms with Crippen molar-refractivity contribution < 1.29 is 19.8 Å². The van der Waals surface area contributed by atoms with Crippen molar-refractivity contribution in [1.29, 1.82) is 0 Å². The fourth-order valence-corrected chi connectivity index (χ4v) is 1.06. The highest BCUT2D eigenvalue weighted by Crippen LogP contribution is 2.05. The second-order valence-corrected chi connectivity index (χ2v) is 3.17. The van der Waals surface area contributed by atoms with Gasteiger partial charge in [-0.3, -0.25) is 4.79 Å². The normalized spacial score (nSPS) is 11.8. The van der Waals surface area contributed by atoms with E-state index in [2.05, 4.69) is 5.32 Å². The maximum Gasteiger partial charge on any atom is 0.328 e. The summed E-state index contributed by atoms with van der Waals surface area (Å²) in [4.78, 5) is 22.1. The lowest BCUT2D eigenvalue weighted by atomic mass is 10.2. The zero-order chi connectivity index (χ0) is 12.1. The molecule has 5 N–H and O–H groups in total. The minimum Gasteiger partial charge on any atom is -0.480 e. The summed E-state index contributed by atoms with van der Waals surface area (Å²) in [5.74, 6) is -1.85. The van der Waals surface area contributed by atoms with E-state index in [9.17, 15) is 9.59 Å². The average Bonchev–Trinajstić information content (AvgIpc) is 2.26. The number of aliphatic hydroxyl groups excluding tert-OH is 1. The van der Waals surface area contributed by atoms with Crippen LogP contribution in [0.15, 0.2) is 24.3 Å². The van der Waals surface area contributed by atoms with Crippen LogP contribution in [0, 0.1) is 0 Å². The van der Waals surface area contributed by atoms with Gasteiger partial charge in [-0.2, -0.15) is 0 Å². The molecule has 0 unspecified atom stereocenters. The zero-order valence-electron chi connectivity index (χ0n) is 8.38. The van der Waals surface area contributed by atoms with Gasteiger partial charge >= 0.3 is 5.97 Å². The molecular formula is C10H12N2O4. The average molecular weight is 224 g/mol. The number of benzene rings is 1. The van der Waals surface area contributed by atoms with Crippen molar-refractivity contribution in [2.75, 3.05) is 12.3 Å². The number of carboxylic acid groups (broad SMARTS) is 1. The van der Waals surface area contributed by atoms with Crippen LogP contribution in [-0.4, -0.2) is 34.7 Å². The van der Waals surface area contributed by atoms with Crippen LogP contribution < -0.4 is 11.1 Å². The van der Waals surface area contributed by atoms with Gasteiger partial charge in [0.25, 0.3) is 5.91 Å². The first kappa shape index (κ1) is 12.0. The largest absolute Gasteiger partial charge is 0.480 e.